The van der Waals surface area contributed by atoms with Gasteiger partial charge in [0.15, 0.2) is 0 Å². The molecule has 0 unspecified atom stereocenters. The van der Waals surface area contributed by atoms with E-state index >= 15 is 0 Å². The number of rotatable bonds is 21. The second-order valence-electron chi connectivity index (χ2n) is 16.6. The van der Waals surface area contributed by atoms with Crippen LogP contribution in [-0.2, 0) is 12.8 Å². The van der Waals surface area contributed by atoms with Crippen LogP contribution in [0.25, 0.3) is 0 Å². The van der Waals surface area contributed by atoms with Crippen LogP contribution in [0.15, 0.2) is 91.6 Å². The lowest BCUT2D eigenvalue weighted by Gasteiger charge is -2.40. The Morgan fingerprint density at radius 1 is 0.479 bits per heavy atom. The Hall–Kier alpha value is -7.50. The van der Waals surface area contributed by atoms with E-state index in [2.05, 4.69) is 52.6 Å². The fourth-order valence-corrected chi connectivity index (χ4v) is 7.05. The monoisotopic (exact) mass is 981 g/mol. The maximum absolute atomic E-state index is 11.0. The van der Waals surface area contributed by atoms with Crippen LogP contribution < -0.4 is 14.7 Å². The molecule has 1 saturated heterocycles. The Bertz CT molecular complexity index is 2360. The van der Waals surface area contributed by atoms with E-state index in [0.717, 1.165) is 96.8 Å². The Morgan fingerprint density at radius 2 is 0.859 bits per heavy atom. The predicted octanol–water partition coefficient (Wildman–Crippen LogP) is 9.90. The molecule has 0 amide bonds. The number of nitrogens with zero attached hydrogens (tertiary/aromatic N) is 8. The largest absolute Gasteiger partial charge is 0.478 e. The Kier molecular flexibility index (Phi) is 27.8. The second-order valence-corrected chi connectivity index (χ2v) is 16.6. The molecule has 0 bridgehead atoms. The van der Waals surface area contributed by atoms with Crippen molar-refractivity contribution in [1.82, 2.24) is 24.9 Å². The maximum Gasteiger partial charge on any atom is 0.339 e. The number of pyridine rings is 5. The van der Waals surface area contributed by atoms with Crippen molar-refractivity contribution in [3.8, 4) is 0 Å². The number of carboxylic acid groups (broad SMARTS) is 5. The number of hydrogen-bond acceptors (Lipinski definition) is 13. The zero-order valence-corrected chi connectivity index (χ0v) is 42.2. The first-order valence-corrected chi connectivity index (χ1v) is 24.1. The molecule has 0 atom stereocenters. The quantitative estimate of drug-likeness (QED) is 0.0428. The van der Waals surface area contributed by atoms with Crippen LogP contribution in [-0.4, -0.2) is 121 Å². The molecule has 0 aliphatic carbocycles. The van der Waals surface area contributed by atoms with E-state index in [1.54, 1.807) is 91.6 Å². The fourth-order valence-electron chi connectivity index (χ4n) is 7.05. The summed E-state index contributed by atoms with van der Waals surface area (Å²) in [5.74, 6) is -2.18. The van der Waals surface area contributed by atoms with Gasteiger partial charge in [0.1, 0.15) is 34.1 Å². The van der Waals surface area contributed by atoms with Crippen molar-refractivity contribution in [1.29, 1.82) is 0 Å². The van der Waals surface area contributed by atoms with Crippen molar-refractivity contribution < 1.29 is 49.5 Å². The predicted molar refractivity (Wildman–Crippen MR) is 276 cm³/mol. The molecule has 0 radical (unpaired) electrons. The van der Waals surface area contributed by atoms with Gasteiger partial charge in [-0.25, -0.2) is 38.9 Å². The third-order valence-corrected chi connectivity index (χ3v) is 11.0. The van der Waals surface area contributed by atoms with Gasteiger partial charge in [-0.3, -0.25) is 9.97 Å². The van der Waals surface area contributed by atoms with Crippen molar-refractivity contribution in [2.24, 2.45) is 5.92 Å². The molecule has 1 aliphatic rings. The second kappa shape index (κ2) is 33.1. The molecule has 18 nitrogen and oxygen atoms in total. The highest BCUT2D eigenvalue weighted by Crippen LogP contribution is 2.27. The lowest BCUT2D eigenvalue weighted by molar-refractivity contribution is 0.0684. The lowest BCUT2D eigenvalue weighted by atomic mass is 9.97. The molecule has 0 saturated carbocycles. The summed E-state index contributed by atoms with van der Waals surface area (Å²) in [4.78, 5) is 80.5. The van der Waals surface area contributed by atoms with E-state index in [9.17, 15) is 24.0 Å². The number of unbranched alkanes of at least 4 members (excludes halogenated alkanes) is 4. The van der Waals surface area contributed by atoms with Crippen LogP contribution in [0.3, 0.4) is 0 Å². The first-order chi connectivity index (χ1) is 34.1. The minimum atomic E-state index is -0.934. The molecule has 0 aromatic carbocycles. The topological polar surface area (TPSA) is 261 Å². The van der Waals surface area contributed by atoms with Gasteiger partial charge in [-0.15, -0.1) is 0 Å². The van der Waals surface area contributed by atoms with E-state index in [4.69, 9.17) is 25.5 Å². The van der Waals surface area contributed by atoms with Gasteiger partial charge in [-0.2, -0.15) is 0 Å². The van der Waals surface area contributed by atoms with Gasteiger partial charge in [0.2, 0.25) is 0 Å². The number of anilines is 3. The Balaban J connectivity index is 0.000000305. The standard InChI is InChI=1S/C11H14N2O2.C11H16N2O2.C11H15NO2.C10H14N2O2.C10H13NO2/c1-2-8-6-13(7-8)10-9(11(14)15)4-3-5-12-10;1-3-4-8-13(2)10-9(11(14)15)6-5-7-12-10;1-2-3-4-7-10-9(11(13)14)6-5-8-12-10;1-3-7-12(2)9-8(10(13)14)5-4-6-11-9;1-2-3-6-9-8(10(12)13)5-4-7-11-9/h3-5,8H,2,6-7H2,1H3,(H,14,15);5-7H,3-4,8H2,1-2H3,(H,14,15);5-6,8H,2-4,7H2,1H3,(H,13,14);4-6H,3,7H2,1-2H3,(H,13,14);4-5,7H,2-3,6H2,1H3,(H,12,13). The molecule has 1 fully saturated rings. The molecule has 5 aromatic rings. The Labute approximate surface area is 417 Å². The highest BCUT2D eigenvalue weighted by atomic mass is 16.4. The first kappa shape index (κ1) is 59.6. The third-order valence-electron chi connectivity index (χ3n) is 11.0. The van der Waals surface area contributed by atoms with Crippen molar-refractivity contribution in [3.05, 3.63) is 131 Å². The van der Waals surface area contributed by atoms with Gasteiger partial charge >= 0.3 is 29.8 Å². The summed E-state index contributed by atoms with van der Waals surface area (Å²) >= 11 is 0. The summed E-state index contributed by atoms with van der Waals surface area (Å²) in [5.41, 5.74) is 2.87. The van der Waals surface area contributed by atoms with Crippen LogP contribution in [0.4, 0.5) is 17.5 Å². The summed E-state index contributed by atoms with van der Waals surface area (Å²) < 4.78 is 0. The van der Waals surface area contributed by atoms with Gasteiger partial charge in [0.05, 0.1) is 22.5 Å². The van der Waals surface area contributed by atoms with Gasteiger partial charge in [-0.1, -0.05) is 60.3 Å². The van der Waals surface area contributed by atoms with Crippen LogP contribution in [0.1, 0.15) is 156 Å². The molecule has 71 heavy (non-hydrogen) atoms. The summed E-state index contributed by atoms with van der Waals surface area (Å²) in [7, 11) is 3.71. The molecule has 5 aromatic heterocycles. The van der Waals surface area contributed by atoms with E-state index in [1.165, 1.54) is 0 Å². The van der Waals surface area contributed by atoms with Crippen molar-refractivity contribution in [2.45, 2.75) is 105 Å². The number of aromatic carboxylic acids is 5. The van der Waals surface area contributed by atoms with Crippen molar-refractivity contribution in [2.75, 3.05) is 55.0 Å². The van der Waals surface area contributed by atoms with Crippen molar-refractivity contribution in [3.63, 3.8) is 0 Å². The SMILES string of the molecule is CCC1CN(c2ncccc2C(=O)O)C1.CCCCCc1ncccc1C(=O)O.CCCCN(C)c1ncccc1C(=O)O.CCCCc1ncccc1C(=O)O.CCCN(C)c1ncccc1C(=O)O. The number of aromatic nitrogens is 5. The summed E-state index contributed by atoms with van der Waals surface area (Å²) in [6, 6.07) is 16.2. The van der Waals surface area contributed by atoms with E-state index in [0.29, 0.717) is 51.4 Å². The third kappa shape index (κ3) is 20.6. The van der Waals surface area contributed by atoms with Crippen LogP contribution in [0.5, 0.6) is 0 Å². The molecular weight excluding hydrogens is 909 g/mol. The van der Waals surface area contributed by atoms with E-state index in [1.807, 2.05) is 35.7 Å². The van der Waals surface area contributed by atoms with E-state index in [-0.39, 0.29) is 11.1 Å². The zero-order valence-electron chi connectivity index (χ0n) is 42.2. The Morgan fingerprint density at radius 3 is 1.27 bits per heavy atom. The molecular formula is C53H72N8O10. The summed E-state index contributed by atoms with van der Waals surface area (Å²) in [6.45, 7) is 14.0. The molecule has 6 rings (SSSR count). The van der Waals surface area contributed by atoms with Gasteiger partial charge in [-0.05, 0) is 112 Å². The number of carboxylic acids is 5. The minimum absolute atomic E-state index is 0.253. The number of carbonyl (C=O) groups is 5. The fraction of sp³-hybridized carbons (Fsp3) is 0.434. The molecule has 6 heterocycles. The van der Waals surface area contributed by atoms with Gasteiger partial charge < -0.3 is 40.2 Å². The number of aryl methyl sites for hydroxylation is 2. The van der Waals surface area contributed by atoms with Gasteiger partial charge in [0.25, 0.3) is 0 Å². The molecule has 1 aliphatic heterocycles. The number of hydrogen-bond donors (Lipinski definition) is 5. The van der Waals surface area contributed by atoms with Gasteiger partial charge in [0, 0.05) is 71.3 Å². The molecule has 5 N–H and O–H groups in total. The minimum Gasteiger partial charge on any atom is -0.478 e. The van der Waals surface area contributed by atoms with Crippen LogP contribution in [0, 0.1) is 5.92 Å². The molecule has 18 heteroatoms. The normalized spacial score (nSPS) is 11.3. The highest BCUT2D eigenvalue weighted by Gasteiger charge is 2.29. The van der Waals surface area contributed by atoms with Crippen molar-refractivity contribution >= 4 is 47.3 Å². The van der Waals surface area contributed by atoms with Crippen LogP contribution >= 0.6 is 0 Å². The first-order valence-electron chi connectivity index (χ1n) is 24.1. The van der Waals surface area contributed by atoms with Crippen LogP contribution in [0.2, 0.25) is 0 Å². The summed E-state index contributed by atoms with van der Waals surface area (Å²) in [5, 5.41) is 44.6. The lowest BCUT2D eigenvalue weighted by Crippen LogP contribution is -2.47. The van der Waals surface area contributed by atoms with E-state index < -0.39 is 29.8 Å². The maximum atomic E-state index is 11.0. The molecule has 384 valence electrons. The summed E-state index contributed by atoms with van der Waals surface area (Å²) in [6.07, 6.45) is 19.2. The zero-order chi connectivity index (χ0) is 52.7. The average molecular weight is 981 g/mol. The average Bonchev–Trinajstić information content (AvgIpc) is 3.35. The highest BCUT2D eigenvalue weighted by molar-refractivity contribution is 5.94. The smallest absolute Gasteiger partial charge is 0.339 e. The molecule has 0 spiro atoms.